The van der Waals surface area contributed by atoms with Gasteiger partial charge in [-0.15, -0.1) is 0 Å². The van der Waals surface area contributed by atoms with Crippen LogP contribution in [-0.4, -0.2) is 49.5 Å². The molecule has 94 valence electrons. The molecule has 0 amide bonds. The molecule has 2 aliphatic rings. The predicted octanol–water partition coefficient (Wildman–Crippen LogP) is 1.67. The standard InChI is InChI=1S/C12H23NO2S/c1-10-11(4-3-7-16-10)13-8-12(14-2)5-6-15-9-12/h10-11,13H,3-9H2,1-2H3. The molecule has 0 bridgehead atoms. The number of hydrogen-bond acceptors (Lipinski definition) is 4. The van der Waals surface area contributed by atoms with E-state index in [2.05, 4.69) is 24.0 Å². The van der Waals surface area contributed by atoms with Crippen molar-refractivity contribution >= 4 is 11.8 Å². The van der Waals surface area contributed by atoms with Crippen LogP contribution in [0.3, 0.4) is 0 Å². The Kier molecular flexibility index (Phi) is 4.53. The molecule has 3 nitrogen and oxygen atoms in total. The van der Waals surface area contributed by atoms with Crippen LogP contribution in [0.25, 0.3) is 0 Å². The van der Waals surface area contributed by atoms with Crippen molar-refractivity contribution in [2.75, 3.05) is 32.6 Å². The first-order chi connectivity index (χ1) is 7.76. The van der Waals surface area contributed by atoms with Crippen molar-refractivity contribution in [3.63, 3.8) is 0 Å². The van der Waals surface area contributed by atoms with Gasteiger partial charge >= 0.3 is 0 Å². The Labute approximate surface area is 103 Å². The highest BCUT2D eigenvalue weighted by atomic mass is 32.2. The highest BCUT2D eigenvalue weighted by molar-refractivity contribution is 7.99. The first-order valence-electron chi connectivity index (χ1n) is 6.24. The van der Waals surface area contributed by atoms with Crippen molar-refractivity contribution in [1.29, 1.82) is 0 Å². The molecule has 0 spiro atoms. The van der Waals surface area contributed by atoms with E-state index in [1.54, 1.807) is 7.11 Å². The molecule has 0 saturated carbocycles. The maximum atomic E-state index is 5.63. The van der Waals surface area contributed by atoms with Crippen LogP contribution >= 0.6 is 11.8 Å². The largest absolute Gasteiger partial charge is 0.378 e. The summed E-state index contributed by atoms with van der Waals surface area (Å²) in [6.45, 7) is 4.83. The maximum Gasteiger partial charge on any atom is 0.106 e. The minimum Gasteiger partial charge on any atom is -0.378 e. The molecule has 3 atom stereocenters. The van der Waals surface area contributed by atoms with Gasteiger partial charge in [0.25, 0.3) is 0 Å². The zero-order valence-electron chi connectivity index (χ0n) is 10.3. The van der Waals surface area contributed by atoms with Crippen LogP contribution in [-0.2, 0) is 9.47 Å². The summed E-state index contributed by atoms with van der Waals surface area (Å²) in [6.07, 6.45) is 3.66. The quantitative estimate of drug-likeness (QED) is 0.816. The van der Waals surface area contributed by atoms with Crippen LogP contribution in [0.4, 0.5) is 0 Å². The van der Waals surface area contributed by atoms with Gasteiger partial charge in [0.15, 0.2) is 0 Å². The topological polar surface area (TPSA) is 30.5 Å². The molecule has 2 heterocycles. The second-order valence-corrected chi connectivity index (χ2v) is 6.38. The highest BCUT2D eigenvalue weighted by Gasteiger charge is 2.36. The number of thioether (sulfide) groups is 1. The lowest BCUT2D eigenvalue weighted by Gasteiger charge is -2.33. The Bertz CT molecular complexity index is 219. The van der Waals surface area contributed by atoms with E-state index in [4.69, 9.17) is 9.47 Å². The Morgan fingerprint density at radius 2 is 2.44 bits per heavy atom. The lowest BCUT2D eigenvalue weighted by atomic mass is 10.0. The maximum absolute atomic E-state index is 5.63. The summed E-state index contributed by atoms with van der Waals surface area (Å²) < 4.78 is 11.1. The van der Waals surface area contributed by atoms with Gasteiger partial charge in [-0.1, -0.05) is 6.92 Å². The van der Waals surface area contributed by atoms with Gasteiger partial charge < -0.3 is 14.8 Å². The molecule has 0 aromatic heterocycles. The van der Waals surface area contributed by atoms with Gasteiger partial charge in [0.2, 0.25) is 0 Å². The van der Waals surface area contributed by atoms with Crippen LogP contribution in [0.5, 0.6) is 0 Å². The van der Waals surface area contributed by atoms with Gasteiger partial charge in [0.05, 0.1) is 6.61 Å². The fraction of sp³-hybridized carbons (Fsp3) is 1.00. The summed E-state index contributed by atoms with van der Waals surface area (Å²) in [6, 6.07) is 0.645. The van der Waals surface area contributed by atoms with E-state index >= 15 is 0 Å². The monoisotopic (exact) mass is 245 g/mol. The van der Waals surface area contributed by atoms with Crippen molar-refractivity contribution in [1.82, 2.24) is 5.32 Å². The molecular weight excluding hydrogens is 222 g/mol. The summed E-state index contributed by atoms with van der Waals surface area (Å²) in [4.78, 5) is 0. The molecule has 4 heteroatoms. The summed E-state index contributed by atoms with van der Waals surface area (Å²) in [5.41, 5.74) is -0.0676. The number of rotatable bonds is 4. The third kappa shape index (κ3) is 2.92. The minimum absolute atomic E-state index is 0.0676. The third-order valence-electron chi connectivity index (χ3n) is 3.79. The SMILES string of the molecule is COC1(CNC2CCCSC2C)CCOC1. The first kappa shape index (κ1) is 12.7. The van der Waals surface area contributed by atoms with E-state index in [0.29, 0.717) is 6.04 Å². The molecule has 3 unspecified atom stereocenters. The first-order valence-corrected chi connectivity index (χ1v) is 7.28. The Hall–Kier alpha value is 0.230. The van der Waals surface area contributed by atoms with E-state index < -0.39 is 0 Å². The van der Waals surface area contributed by atoms with Crippen LogP contribution in [0.2, 0.25) is 0 Å². The Morgan fingerprint density at radius 1 is 1.56 bits per heavy atom. The number of hydrogen-bond donors (Lipinski definition) is 1. The van der Waals surface area contributed by atoms with E-state index in [0.717, 1.165) is 31.4 Å². The zero-order valence-corrected chi connectivity index (χ0v) is 11.1. The molecule has 0 radical (unpaired) electrons. The summed E-state index contributed by atoms with van der Waals surface area (Å²) >= 11 is 2.08. The van der Waals surface area contributed by atoms with Gasteiger partial charge in [-0.3, -0.25) is 0 Å². The van der Waals surface area contributed by atoms with E-state index in [-0.39, 0.29) is 5.60 Å². The normalized spacial score (nSPS) is 40.1. The lowest BCUT2D eigenvalue weighted by Crippen LogP contribution is -2.49. The van der Waals surface area contributed by atoms with Gasteiger partial charge in [-0.25, -0.2) is 0 Å². The molecular formula is C12H23NO2S. The average Bonchev–Trinajstić information content (AvgIpc) is 2.78. The van der Waals surface area contributed by atoms with Gasteiger partial charge in [0.1, 0.15) is 5.60 Å². The van der Waals surface area contributed by atoms with Crippen LogP contribution in [0, 0.1) is 0 Å². The Balaban J connectivity index is 1.80. The molecule has 0 aliphatic carbocycles. The summed E-state index contributed by atoms with van der Waals surface area (Å²) in [5, 5.41) is 4.41. The van der Waals surface area contributed by atoms with Crippen LogP contribution < -0.4 is 5.32 Å². The smallest absolute Gasteiger partial charge is 0.106 e. The highest BCUT2D eigenvalue weighted by Crippen LogP contribution is 2.27. The molecule has 2 rings (SSSR count). The number of methoxy groups -OCH3 is 1. The third-order valence-corrected chi connectivity index (χ3v) is 5.17. The summed E-state index contributed by atoms with van der Waals surface area (Å²) in [7, 11) is 1.80. The number of ether oxygens (including phenoxy) is 2. The predicted molar refractivity (Wildman–Crippen MR) is 68.1 cm³/mol. The van der Waals surface area contributed by atoms with E-state index in [1.807, 2.05) is 0 Å². The molecule has 0 aromatic carbocycles. The fourth-order valence-corrected chi connectivity index (χ4v) is 3.64. The second kappa shape index (κ2) is 5.71. The van der Waals surface area contributed by atoms with E-state index in [9.17, 15) is 0 Å². The molecule has 2 aliphatic heterocycles. The van der Waals surface area contributed by atoms with Crippen LogP contribution in [0.15, 0.2) is 0 Å². The van der Waals surface area contributed by atoms with Crippen molar-refractivity contribution < 1.29 is 9.47 Å². The minimum atomic E-state index is -0.0676. The van der Waals surface area contributed by atoms with Crippen molar-refractivity contribution in [2.24, 2.45) is 0 Å². The molecule has 2 fully saturated rings. The van der Waals surface area contributed by atoms with Gasteiger partial charge in [-0.05, 0) is 18.6 Å². The van der Waals surface area contributed by atoms with Crippen molar-refractivity contribution in [3.05, 3.63) is 0 Å². The second-order valence-electron chi connectivity index (χ2n) is 4.90. The van der Waals surface area contributed by atoms with Crippen molar-refractivity contribution in [2.45, 2.75) is 43.1 Å². The molecule has 0 aromatic rings. The van der Waals surface area contributed by atoms with Gasteiger partial charge in [-0.2, -0.15) is 11.8 Å². The summed E-state index contributed by atoms with van der Waals surface area (Å²) in [5.74, 6) is 1.32. The van der Waals surface area contributed by atoms with Crippen molar-refractivity contribution in [3.8, 4) is 0 Å². The lowest BCUT2D eigenvalue weighted by molar-refractivity contribution is -0.0176. The molecule has 1 N–H and O–H groups in total. The average molecular weight is 245 g/mol. The fourth-order valence-electron chi connectivity index (χ4n) is 2.47. The van der Waals surface area contributed by atoms with E-state index in [1.165, 1.54) is 18.6 Å². The molecule has 16 heavy (non-hydrogen) atoms. The zero-order chi connectivity index (χ0) is 11.4. The van der Waals surface area contributed by atoms with Crippen LogP contribution in [0.1, 0.15) is 26.2 Å². The Morgan fingerprint density at radius 3 is 3.06 bits per heavy atom. The number of nitrogens with one attached hydrogen (secondary N) is 1. The molecule has 2 saturated heterocycles. The van der Waals surface area contributed by atoms with Gasteiger partial charge in [0, 0.05) is 38.0 Å².